The van der Waals surface area contributed by atoms with Crippen LogP contribution in [0.1, 0.15) is 79.1 Å². The number of hydrogen-bond acceptors (Lipinski definition) is 6. The van der Waals surface area contributed by atoms with Crippen LogP contribution in [-0.4, -0.2) is 37.7 Å². The zero-order valence-electron chi connectivity index (χ0n) is 16.8. The van der Waals surface area contributed by atoms with Gasteiger partial charge in [0.25, 0.3) is 0 Å². The highest BCUT2D eigenvalue weighted by Gasteiger charge is 2.28. The number of hydrogen-bond donors (Lipinski definition) is 0. The molecule has 0 heterocycles. The summed E-state index contributed by atoms with van der Waals surface area (Å²) in [7, 11) is 0. The Morgan fingerprint density at radius 2 is 1.15 bits per heavy atom. The lowest BCUT2D eigenvalue weighted by atomic mass is 9.95. The predicted molar refractivity (Wildman–Crippen MR) is 99.1 cm³/mol. The topological polar surface area (TPSA) is 71.1 Å². The van der Waals surface area contributed by atoms with E-state index in [1.165, 1.54) is 0 Å². The summed E-state index contributed by atoms with van der Waals surface area (Å²) in [6.07, 6.45) is 4.98. The second kappa shape index (κ2) is 12.8. The fraction of sp³-hybridized carbons (Fsp3) is 0.900. The van der Waals surface area contributed by atoms with Gasteiger partial charge in [-0.15, -0.1) is 0 Å². The molecule has 1 fully saturated rings. The van der Waals surface area contributed by atoms with Crippen molar-refractivity contribution in [2.75, 3.05) is 13.2 Å². The Morgan fingerprint density at radius 1 is 0.769 bits per heavy atom. The summed E-state index contributed by atoms with van der Waals surface area (Å²) >= 11 is 0. The molecular weight excluding hydrogens is 336 g/mol. The minimum Gasteiger partial charge on any atom is -0.434 e. The molecule has 0 aliphatic heterocycles. The van der Waals surface area contributed by atoms with E-state index in [-0.39, 0.29) is 12.2 Å². The van der Waals surface area contributed by atoms with Crippen LogP contribution in [0.15, 0.2) is 0 Å². The van der Waals surface area contributed by atoms with Crippen molar-refractivity contribution < 1.29 is 28.5 Å². The molecule has 0 N–H and O–H groups in total. The van der Waals surface area contributed by atoms with Gasteiger partial charge in [0, 0.05) is 6.42 Å². The molecule has 152 valence electrons. The lowest BCUT2D eigenvalue weighted by Gasteiger charge is -2.28. The van der Waals surface area contributed by atoms with E-state index < -0.39 is 12.3 Å². The summed E-state index contributed by atoms with van der Waals surface area (Å²) in [6, 6.07) is 0. The highest BCUT2D eigenvalue weighted by Crippen LogP contribution is 2.24. The van der Waals surface area contributed by atoms with Crippen LogP contribution in [0.2, 0.25) is 0 Å². The number of ether oxygens (including phenoxy) is 4. The number of carbonyl (C=O) groups is 2. The van der Waals surface area contributed by atoms with Gasteiger partial charge in [0.05, 0.1) is 13.2 Å². The molecule has 6 heteroatoms. The average Bonchev–Trinajstić information content (AvgIpc) is 2.63. The van der Waals surface area contributed by atoms with Crippen LogP contribution in [0.25, 0.3) is 0 Å². The largest absolute Gasteiger partial charge is 0.508 e. The zero-order valence-corrected chi connectivity index (χ0v) is 16.8. The van der Waals surface area contributed by atoms with Gasteiger partial charge in [-0.1, -0.05) is 53.4 Å². The van der Waals surface area contributed by atoms with E-state index in [0.29, 0.717) is 31.5 Å². The Labute approximate surface area is 157 Å². The third-order valence-electron chi connectivity index (χ3n) is 5.29. The highest BCUT2D eigenvalue weighted by atomic mass is 16.7. The third-order valence-corrected chi connectivity index (χ3v) is 5.29. The van der Waals surface area contributed by atoms with Gasteiger partial charge in [0.2, 0.25) is 0 Å². The van der Waals surface area contributed by atoms with Crippen molar-refractivity contribution >= 4 is 12.3 Å². The molecule has 1 aliphatic carbocycles. The molecule has 1 rings (SSSR count). The Bertz CT molecular complexity index is 367. The molecule has 0 spiro atoms. The van der Waals surface area contributed by atoms with Crippen molar-refractivity contribution in [3.63, 3.8) is 0 Å². The molecule has 0 bridgehead atoms. The van der Waals surface area contributed by atoms with E-state index in [4.69, 9.17) is 18.9 Å². The molecule has 0 aromatic heterocycles. The Kier molecular flexibility index (Phi) is 11.1. The normalized spacial score (nSPS) is 20.1. The molecule has 6 nitrogen and oxygen atoms in total. The lowest BCUT2D eigenvalue weighted by molar-refractivity contribution is -0.0392. The van der Waals surface area contributed by atoms with E-state index in [1.54, 1.807) is 0 Å². The third kappa shape index (κ3) is 8.77. The molecule has 0 aromatic rings. The molecule has 2 atom stereocenters. The SMILES string of the molecule is CCC(CC)COC(=O)OC1CCCC(OC(=O)OCC(CC)CC)C1. The van der Waals surface area contributed by atoms with E-state index >= 15 is 0 Å². The van der Waals surface area contributed by atoms with Gasteiger partial charge in [-0.3, -0.25) is 0 Å². The maximum Gasteiger partial charge on any atom is 0.508 e. The number of rotatable bonds is 10. The van der Waals surface area contributed by atoms with E-state index in [2.05, 4.69) is 27.7 Å². The molecule has 2 unspecified atom stereocenters. The van der Waals surface area contributed by atoms with Crippen LogP contribution in [0, 0.1) is 11.8 Å². The van der Waals surface area contributed by atoms with Crippen LogP contribution in [0.4, 0.5) is 9.59 Å². The molecular formula is C20H36O6. The monoisotopic (exact) mass is 372 g/mol. The molecule has 0 amide bonds. The first-order chi connectivity index (χ1) is 12.5. The van der Waals surface area contributed by atoms with Crippen molar-refractivity contribution in [2.45, 2.75) is 91.3 Å². The van der Waals surface area contributed by atoms with Crippen molar-refractivity contribution in [3.8, 4) is 0 Å². The van der Waals surface area contributed by atoms with Gasteiger partial charge >= 0.3 is 12.3 Å². The highest BCUT2D eigenvalue weighted by molar-refractivity contribution is 5.60. The summed E-state index contributed by atoms with van der Waals surface area (Å²) in [4.78, 5) is 23.7. The quantitative estimate of drug-likeness (QED) is 0.473. The maximum atomic E-state index is 11.8. The summed E-state index contributed by atoms with van der Waals surface area (Å²) in [6.45, 7) is 9.09. The molecule has 1 saturated carbocycles. The van der Waals surface area contributed by atoms with Gasteiger partial charge in [-0.05, 0) is 31.1 Å². The Hall–Kier alpha value is -1.46. The van der Waals surface area contributed by atoms with Gasteiger partial charge in [-0.2, -0.15) is 0 Å². The van der Waals surface area contributed by atoms with Crippen molar-refractivity contribution in [3.05, 3.63) is 0 Å². The summed E-state index contributed by atoms with van der Waals surface area (Å²) in [5.41, 5.74) is 0. The summed E-state index contributed by atoms with van der Waals surface area (Å²) in [5.74, 6) is 0.740. The average molecular weight is 373 g/mol. The molecule has 0 aromatic carbocycles. The fourth-order valence-electron chi connectivity index (χ4n) is 3.08. The second-order valence-electron chi connectivity index (χ2n) is 7.13. The Balaban J connectivity index is 2.30. The lowest BCUT2D eigenvalue weighted by Crippen LogP contribution is -2.32. The van der Waals surface area contributed by atoms with E-state index in [0.717, 1.165) is 44.9 Å². The van der Waals surface area contributed by atoms with Gasteiger partial charge < -0.3 is 18.9 Å². The summed E-state index contributed by atoms with van der Waals surface area (Å²) in [5, 5.41) is 0. The van der Waals surface area contributed by atoms with Crippen molar-refractivity contribution in [1.29, 1.82) is 0 Å². The van der Waals surface area contributed by atoms with Crippen LogP contribution < -0.4 is 0 Å². The fourth-order valence-corrected chi connectivity index (χ4v) is 3.08. The molecule has 0 saturated heterocycles. The zero-order chi connectivity index (χ0) is 19.4. The molecule has 1 aliphatic rings. The first kappa shape index (κ1) is 22.6. The smallest absolute Gasteiger partial charge is 0.434 e. The second-order valence-corrected chi connectivity index (χ2v) is 7.13. The van der Waals surface area contributed by atoms with Crippen LogP contribution in [-0.2, 0) is 18.9 Å². The van der Waals surface area contributed by atoms with Crippen LogP contribution in [0.3, 0.4) is 0 Å². The minimum absolute atomic E-state index is 0.269. The van der Waals surface area contributed by atoms with Crippen LogP contribution in [0.5, 0.6) is 0 Å². The van der Waals surface area contributed by atoms with Gasteiger partial charge in [-0.25, -0.2) is 9.59 Å². The minimum atomic E-state index is -0.626. The van der Waals surface area contributed by atoms with E-state index in [1.807, 2.05) is 0 Å². The maximum absolute atomic E-state index is 11.8. The van der Waals surface area contributed by atoms with Gasteiger partial charge in [0.1, 0.15) is 12.2 Å². The summed E-state index contributed by atoms with van der Waals surface area (Å²) < 4.78 is 21.2. The van der Waals surface area contributed by atoms with Crippen LogP contribution >= 0.6 is 0 Å². The number of carbonyl (C=O) groups excluding carboxylic acids is 2. The molecule has 26 heavy (non-hydrogen) atoms. The first-order valence-corrected chi connectivity index (χ1v) is 10.2. The Morgan fingerprint density at radius 3 is 1.50 bits per heavy atom. The standard InChI is InChI=1S/C20H36O6/c1-5-15(6-2)13-23-19(21)25-17-10-9-11-18(12-17)26-20(22)24-14-16(7-3)8-4/h15-18H,5-14H2,1-4H3. The van der Waals surface area contributed by atoms with E-state index in [9.17, 15) is 9.59 Å². The molecule has 0 radical (unpaired) electrons. The predicted octanol–water partition coefficient (Wildman–Crippen LogP) is 5.48. The van der Waals surface area contributed by atoms with Crippen molar-refractivity contribution in [2.24, 2.45) is 11.8 Å². The first-order valence-electron chi connectivity index (χ1n) is 10.2. The van der Waals surface area contributed by atoms with Crippen molar-refractivity contribution in [1.82, 2.24) is 0 Å². The van der Waals surface area contributed by atoms with Gasteiger partial charge in [0.15, 0.2) is 0 Å².